The number of nitrogens with one attached hydrogen (secondary N) is 1. The van der Waals surface area contributed by atoms with Crippen LogP contribution in [0.2, 0.25) is 5.02 Å². The second kappa shape index (κ2) is 8.25. The van der Waals surface area contributed by atoms with Gasteiger partial charge < -0.3 is 5.32 Å². The van der Waals surface area contributed by atoms with E-state index in [1.165, 1.54) is 28.7 Å². The summed E-state index contributed by atoms with van der Waals surface area (Å²) < 4.78 is 0. The number of halogens is 1. The molecule has 3 aromatic rings. The molecule has 25 heavy (non-hydrogen) atoms. The number of hydrogen-bond donors (Lipinski definition) is 1. The third kappa shape index (κ3) is 4.66. The molecule has 3 rings (SSSR count). The van der Waals surface area contributed by atoms with Gasteiger partial charge in [-0.15, -0.1) is 11.3 Å². The Morgan fingerprint density at radius 1 is 1.12 bits per heavy atom. The van der Waals surface area contributed by atoms with Gasteiger partial charge in [0, 0.05) is 26.9 Å². The van der Waals surface area contributed by atoms with E-state index in [0.29, 0.717) is 22.0 Å². The maximum Gasteiger partial charge on any atom is 0.244 e. The highest BCUT2D eigenvalue weighted by atomic mass is 35.5. The minimum absolute atomic E-state index is 0.0161. The van der Waals surface area contributed by atoms with Crippen LogP contribution in [0.1, 0.15) is 25.7 Å². The monoisotopic (exact) mass is 387 g/mol. The summed E-state index contributed by atoms with van der Waals surface area (Å²) in [6.45, 7) is 0.382. The summed E-state index contributed by atoms with van der Waals surface area (Å²) in [5, 5.41) is 7.13. The molecule has 0 bridgehead atoms. The number of rotatable bonds is 6. The van der Waals surface area contributed by atoms with Crippen molar-refractivity contribution in [2.24, 2.45) is 0 Å². The van der Waals surface area contributed by atoms with Gasteiger partial charge in [0.2, 0.25) is 11.7 Å². The van der Waals surface area contributed by atoms with Gasteiger partial charge in [0.1, 0.15) is 0 Å². The van der Waals surface area contributed by atoms with E-state index >= 15 is 0 Å². The van der Waals surface area contributed by atoms with Crippen molar-refractivity contribution in [1.29, 1.82) is 0 Å². The highest BCUT2D eigenvalue weighted by molar-refractivity contribution is 7.14. The van der Waals surface area contributed by atoms with E-state index in [1.807, 2.05) is 41.1 Å². The zero-order valence-electron chi connectivity index (χ0n) is 13.1. The van der Waals surface area contributed by atoms with Gasteiger partial charge in [-0.1, -0.05) is 29.8 Å². The minimum atomic E-state index is -0.209. The van der Waals surface area contributed by atoms with Crippen LogP contribution in [0.3, 0.4) is 0 Å². The van der Waals surface area contributed by atoms with Gasteiger partial charge >= 0.3 is 0 Å². The first-order valence-corrected chi connectivity index (χ1v) is 9.63. The van der Waals surface area contributed by atoms with Crippen molar-refractivity contribution in [2.45, 2.75) is 6.54 Å². The Kier molecular flexibility index (Phi) is 5.81. The van der Waals surface area contributed by atoms with Crippen molar-refractivity contribution < 1.29 is 9.59 Å². The molecule has 0 aliphatic rings. The smallest absolute Gasteiger partial charge is 0.244 e. The van der Waals surface area contributed by atoms with Crippen molar-refractivity contribution >= 4 is 52.0 Å². The van der Waals surface area contributed by atoms with E-state index in [9.17, 15) is 9.59 Å². The van der Waals surface area contributed by atoms with Crippen LogP contribution in [0.25, 0.3) is 6.08 Å². The second-order valence-electron chi connectivity index (χ2n) is 5.18. The molecule has 3 nitrogen and oxygen atoms in total. The lowest BCUT2D eigenvalue weighted by Gasteiger charge is -2.00. The lowest BCUT2D eigenvalue weighted by atomic mass is 10.2. The van der Waals surface area contributed by atoms with Crippen LogP contribution in [0, 0.1) is 0 Å². The normalized spacial score (nSPS) is 10.9. The molecule has 0 atom stereocenters. The first-order chi connectivity index (χ1) is 12.1. The Balaban J connectivity index is 1.56. The molecule has 0 fully saturated rings. The zero-order valence-corrected chi connectivity index (χ0v) is 15.5. The van der Waals surface area contributed by atoms with Crippen LogP contribution in [-0.4, -0.2) is 11.7 Å². The van der Waals surface area contributed by atoms with Crippen LogP contribution in [0.15, 0.2) is 59.3 Å². The molecule has 0 spiro atoms. The fourth-order valence-electron chi connectivity index (χ4n) is 2.14. The Hall–Kier alpha value is -2.21. The summed E-state index contributed by atoms with van der Waals surface area (Å²) in [6, 6.07) is 12.8. The molecule has 0 aliphatic heterocycles. The molecule has 1 aromatic carbocycles. The Morgan fingerprint density at radius 3 is 2.72 bits per heavy atom. The van der Waals surface area contributed by atoms with Gasteiger partial charge in [-0.2, -0.15) is 11.3 Å². The standard InChI is InChI=1S/C19H14ClNO2S2/c20-16-4-2-1-3-13(16)5-8-18(22)21-11-15-6-7-17(25-15)19(23)14-9-10-24-12-14/h1-10,12H,11H2,(H,21,22). The molecule has 2 heterocycles. The summed E-state index contributed by atoms with van der Waals surface area (Å²) in [5.41, 5.74) is 1.49. The van der Waals surface area contributed by atoms with E-state index in [-0.39, 0.29) is 11.7 Å². The molecule has 1 amide bonds. The molecule has 0 aliphatic carbocycles. The Bertz CT molecular complexity index is 913. The number of ketones is 1. The molecule has 126 valence electrons. The number of benzene rings is 1. The summed E-state index contributed by atoms with van der Waals surface area (Å²) >= 11 is 8.93. The van der Waals surface area contributed by atoms with E-state index in [4.69, 9.17) is 11.6 Å². The van der Waals surface area contributed by atoms with Gasteiger partial charge in [-0.05, 0) is 41.3 Å². The fraction of sp³-hybridized carbons (Fsp3) is 0.0526. The topological polar surface area (TPSA) is 46.2 Å². The predicted octanol–water partition coefficient (Wildman–Crippen LogP) is 5.02. The summed E-state index contributed by atoms with van der Waals surface area (Å²) in [5.74, 6) is -0.193. The van der Waals surface area contributed by atoms with E-state index in [1.54, 1.807) is 18.2 Å². The third-order valence-corrected chi connectivity index (χ3v) is 5.54. The van der Waals surface area contributed by atoms with Gasteiger partial charge in [0.25, 0.3) is 0 Å². The highest BCUT2D eigenvalue weighted by Gasteiger charge is 2.12. The molecule has 1 N–H and O–H groups in total. The van der Waals surface area contributed by atoms with Crippen molar-refractivity contribution in [3.8, 4) is 0 Å². The molecule has 0 unspecified atom stereocenters. The number of thiophene rings is 2. The molecule has 6 heteroatoms. The van der Waals surface area contributed by atoms with Gasteiger partial charge in [-0.25, -0.2) is 0 Å². The lowest BCUT2D eigenvalue weighted by molar-refractivity contribution is -0.116. The van der Waals surface area contributed by atoms with E-state index in [2.05, 4.69) is 5.32 Å². The third-order valence-electron chi connectivity index (χ3n) is 3.43. The average Bonchev–Trinajstić information content (AvgIpc) is 3.30. The van der Waals surface area contributed by atoms with Crippen molar-refractivity contribution in [2.75, 3.05) is 0 Å². The predicted molar refractivity (Wildman–Crippen MR) is 104 cm³/mol. The van der Waals surface area contributed by atoms with Crippen LogP contribution >= 0.6 is 34.3 Å². The summed E-state index contributed by atoms with van der Waals surface area (Å²) in [4.78, 5) is 25.8. The van der Waals surface area contributed by atoms with E-state index < -0.39 is 0 Å². The van der Waals surface area contributed by atoms with Crippen LogP contribution < -0.4 is 5.32 Å². The molecule has 2 aromatic heterocycles. The number of amides is 1. The molecule has 0 saturated heterocycles. The second-order valence-corrected chi connectivity index (χ2v) is 7.54. The number of hydrogen-bond acceptors (Lipinski definition) is 4. The molecule has 0 saturated carbocycles. The Morgan fingerprint density at radius 2 is 1.96 bits per heavy atom. The minimum Gasteiger partial charge on any atom is -0.348 e. The Labute approximate surface area is 158 Å². The van der Waals surface area contributed by atoms with Gasteiger partial charge in [-0.3, -0.25) is 9.59 Å². The number of carbonyl (C=O) groups is 2. The van der Waals surface area contributed by atoms with Crippen molar-refractivity contribution in [3.63, 3.8) is 0 Å². The maximum absolute atomic E-state index is 12.3. The quantitative estimate of drug-likeness (QED) is 0.476. The van der Waals surface area contributed by atoms with E-state index in [0.717, 1.165) is 10.4 Å². The molecular weight excluding hydrogens is 374 g/mol. The van der Waals surface area contributed by atoms with Gasteiger partial charge in [0.15, 0.2) is 0 Å². The van der Waals surface area contributed by atoms with Crippen LogP contribution in [0.4, 0.5) is 0 Å². The average molecular weight is 388 g/mol. The van der Waals surface area contributed by atoms with Crippen molar-refractivity contribution in [3.05, 3.63) is 85.2 Å². The molecular formula is C19H14ClNO2S2. The lowest BCUT2D eigenvalue weighted by Crippen LogP contribution is -2.19. The first kappa shape index (κ1) is 17.6. The molecule has 0 radical (unpaired) electrons. The largest absolute Gasteiger partial charge is 0.348 e. The maximum atomic E-state index is 12.3. The fourth-order valence-corrected chi connectivity index (χ4v) is 3.88. The number of carbonyl (C=O) groups excluding carboxylic acids is 2. The first-order valence-electron chi connectivity index (χ1n) is 7.49. The summed E-state index contributed by atoms with van der Waals surface area (Å²) in [6.07, 6.45) is 3.13. The van der Waals surface area contributed by atoms with Crippen molar-refractivity contribution in [1.82, 2.24) is 5.32 Å². The SMILES string of the molecule is O=C(C=Cc1ccccc1Cl)NCc1ccc(C(=O)c2ccsc2)s1. The highest BCUT2D eigenvalue weighted by Crippen LogP contribution is 2.21. The zero-order chi connectivity index (χ0) is 17.6. The van der Waals surface area contributed by atoms with Crippen LogP contribution in [0.5, 0.6) is 0 Å². The summed E-state index contributed by atoms with van der Waals surface area (Å²) in [7, 11) is 0. The van der Waals surface area contributed by atoms with Crippen LogP contribution in [-0.2, 0) is 11.3 Å². The van der Waals surface area contributed by atoms with Gasteiger partial charge in [0.05, 0.1) is 11.4 Å².